The average Bonchev–Trinajstić information content (AvgIpc) is 3.44. The number of nitrogens with one attached hydrogen (secondary N) is 3. The fourth-order valence-electron chi connectivity index (χ4n) is 5.99. The molecule has 3 aliphatic rings. The molecule has 5 rings (SSSR count). The highest BCUT2D eigenvalue weighted by atomic mass is 35.5. The van der Waals surface area contributed by atoms with Crippen molar-refractivity contribution in [1.29, 1.82) is 0 Å². The number of aryl methyl sites for hydroxylation is 2. The number of benzene rings is 1. The summed E-state index contributed by atoms with van der Waals surface area (Å²) < 4.78 is 10.9. The molecular formula is C27H35ClN6O3. The molecule has 0 radical (unpaired) electrons. The Morgan fingerprint density at radius 2 is 1.92 bits per heavy atom. The van der Waals surface area contributed by atoms with Crippen molar-refractivity contribution in [3.05, 3.63) is 46.6 Å². The third-order valence-electron chi connectivity index (χ3n) is 7.87. The highest BCUT2D eigenvalue weighted by Crippen LogP contribution is 2.45. The van der Waals surface area contributed by atoms with E-state index in [1.165, 1.54) is 11.1 Å². The second-order valence-corrected chi connectivity index (χ2v) is 10.5. The van der Waals surface area contributed by atoms with Crippen LogP contribution in [-0.4, -0.2) is 55.3 Å². The summed E-state index contributed by atoms with van der Waals surface area (Å²) >= 11 is 6.45. The van der Waals surface area contributed by atoms with Gasteiger partial charge in [0.25, 0.3) is 0 Å². The van der Waals surface area contributed by atoms with Gasteiger partial charge in [0.05, 0.1) is 31.5 Å². The number of carbonyl (C=O) groups is 1. The van der Waals surface area contributed by atoms with E-state index in [-0.39, 0.29) is 29.7 Å². The summed E-state index contributed by atoms with van der Waals surface area (Å²) in [7, 11) is 3.39. The zero-order valence-corrected chi connectivity index (χ0v) is 22.1. The molecule has 0 saturated heterocycles. The minimum absolute atomic E-state index is 0.139. The monoisotopic (exact) mass is 526 g/mol. The van der Waals surface area contributed by atoms with Gasteiger partial charge in [-0.25, -0.2) is 4.98 Å². The van der Waals surface area contributed by atoms with Crippen LogP contribution >= 0.6 is 11.6 Å². The lowest BCUT2D eigenvalue weighted by Gasteiger charge is -2.27. The van der Waals surface area contributed by atoms with Gasteiger partial charge in [-0.05, 0) is 67.2 Å². The molecule has 9 nitrogen and oxygen atoms in total. The van der Waals surface area contributed by atoms with E-state index in [9.17, 15) is 4.79 Å². The predicted octanol–water partition coefficient (Wildman–Crippen LogP) is 3.45. The van der Waals surface area contributed by atoms with Crippen LogP contribution in [0.3, 0.4) is 0 Å². The first-order chi connectivity index (χ1) is 18.0. The number of nitrogens with two attached hydrogens (primary N) is 1. The maximum atomic E-state index is 12.1. The Kier molecular flexibility index (Phi) is 7.83. The summed E-state index contributed by atoms with van der Waals surface area (Å²) in [5.74, 6) is 1.42. The fraction of sp³-hybridized carbons (Fsp3) is 0.519. The number of aromatic nitrogens is 2. The maximum Gasteiger partial charge on any atom is 0.229 e. The number of carbonyl (C=O) groups excluding carboxylic acids is 1. The molecule has 2 bridgehead atoms. The van der Waals surface area contributed by atoms with Crippen molar-refractivity contribution in [1.82, 2.24) is 15.3 Å². The van der Waals surface area contributed by atoms with Crippen LogP contribution < -0.4 is 26.4 Å². The van der Waals surface area contributed by atoms with E-state index in [1.807, 2.05) is 0 Å². The Bertz CT molecular complexity index is 1180. The van der Waals surface area contributed by atoms with Crippen molar-refractivity contribution in [3.8, 4) is 5.75 Å². The van der Waals surface area contributed by atoms with Gasteiger partial charge in [-0.3, -0.25) is 4.79 Å². The van der Waals surface area contributed by atoms with Crippen LogP contribution in [0.4, 0.5) is 17.5 Å². The molecule has 0 spiro atoms. The molecule has 0 unspecified atom stereocenters. The second kappa shape index (κ2) is 11.2. The number of hydrogen-bond donors (Lipinski definition) is 4. The van der Waals surface area contributed by atoms with Gasteiger partial charge in [-0.2, -0.15) is 4.98 Å². The smallest absolute Gasteiger partial charge is 0.229 e. The average molecular weight is 527 g/mol. The summed E-state index contributed by atoms with van der Waals surface area (Å²) in [6.45, 7) is 1.57. The van der Waals surface area contributed by atoms with Crippen molar-refractivity contribution in [2.75, 3.05) is 38.0 Å². The number of anilines is 3. The summed E-state index contributed by atoms with van der Waals surface area (Å²) in [4.78, 5) is 21.2. The summed E-state index contributed by atoms with van der Waals surface area (Å²) in [6.07, 6.45) is 10.8. The van der Waals surface area contributed by atoms with E-state index in [1.54, 1.807) is 20.4 Å². The van der Waals surface area contributed by atoms with E-state index in [2.05, 4.69) is 50.2 Å². The summed E-state index contributed by atoms with van der Waals surface area (Å²) in [6, 6.07) is 4.58. The van der Waals surface area contributed by atoms with E-state index in [0.29, 0.717) is 29.4 Å². The largest absolute Gasteiger partial charge is 0.495 e. The van der Waals surface area contributed by atoms with Gasteiger partial charge in [0.15, 0.2) is 5.82 Å². The van der Waals surface area contributed by atoms with Gasteiger partial charge < -0.3 is 31.2 Å². The number of nitrogens with zero attached hydrogens (tertiary/aromatic N) is 2. The molecular weight excluding hydrogens is 492 g/mol. The molecule has 1 amide bonds. The Labute approximate surface area is 222 Å². The zero-order chi connectivity index (χ0) is 25.9. The summed E-state index contributed by atoms with van der Waals surface area (Å²) in [5, 5.41) is 10.7. The number of ether oxygens (including phenoxy) is 2. The third kappa shape index (κ3) is 5.54. The molecule has 198 valence electrons. The lowest BCUT2D eigenvalue weighted by atomic mass is 9.88. The van der Waals surface area contributed by atoms with Crippen LogP contribution in [0.15, 0.2) is 30.5 Å². The van der Waals surface area contributed by atoms with Crippen LogP contribution in [0.25, 0.3) is 0 Å². The highest BCUT2D eigenvalue weighted by molar-refractivity contribution is 6.32. The minimum Gasteiger partial charge on any atom is -0.495 e. The third-order valence-corrected chi connectivity index (χ3v) is 8.14. The SMILES string of the molecule is COCCN[C@@H]1CCc2cc(Nc3ncc(Cl)c(N[C@H]4[C@@H](C(N)=O)[C@@H]5C=C[C@H]4C5)n3)c(OC)cc2CC1. The number of methoxy groups -OCH3 is 2. The standard InChI is InChI=1S/C27H35ClN6O3/c1-36-10-9-30-19-7-5-15-12-21(22(37-2)13-16(15)6-8-19)32-27-31-14-20(28)26(34-27)33-24-18-4-3-17(11-18)23(24)25(29)35/h3-4,12-14,17-19,23-24,30H,5-11H2,1-2H3,(H2,29,35)(H2,31,32,33,34)/t17-,18+,19-,23+,24-/m1/s1. The number of halogens is 1. The number of amides is 1. The molecule has 3 aliphatic carbocycles. The van der Waals surface area contributed by atoms with Crippen molar-refractivity contribution >= 4 is 35.0 Å². The Balaban J connectivity index is 1.33. The maximum absolute atomic E-state index is 12.1. The number of rotatable bonds is 10. The Morgan fingerprint density at radius 3 is 2.65 bits per heavy atom. The topological polar surface area (TPSA) is 123 Å². The predicted molar refractivity (Wildman–Crippen MR) is 144 cm³/mol. The van der Waals surface area contributed by atoms with Gasteiger partial charge in [0.2, 0.25) is 11.9 Å². The van der Waals surface area contributed by atoms with Gasteiger partial charge in [-0.1, -0.05) is 23.8 Å². The fourth-order valence-corrected chi connectivity index (χ4v) is 6.13. The van der Waals surface area contributed by atoms with Gasteiger partial charge >= 0.3 is 0 Å². The lowest BCUT2D eigenvalue weighted by molar-refractivity contribution is -0.122. The highest BCUT2D eigenvalue weighted by Gasteiger charge is 2.47. The zero-order valence-electron chi connectivity index (χ0n) is 21.3. The van der Waals surface area contributed by atoms with Crippen molar-refractivity contribution in [3.63, 3.8) is 0 Å². The van der Waals surface area contributed by atoms with Crippen molar-refractivity contribution < 1.29 is 14.3 Å². The van der Waals surface area contributed by atoms with E-state index < -0.39 is 0 Å². The molecule has 5 N–H and O–H groups in total. The van der Waals surface area contributed by atoms with Crippen LogP contribution in [0, 0.1) is 17.8 Å². The molecule has 5 atom stereocenters. The first-order valence-corrected chi connectivity index (χ1v) is 13.3. The van der Waals surface area contributed by atoms with Gasteiger partial charge in [0.1, 0.15) is 10.8 Å². The Morgan fingerprint density at radius 1 is 1.16 bits per heavy atom. The van der Waals surface area contributed by atoms with E-state index in [0.717, 1.165) is 50.1 Å². The normalized spacial score (nSPS) is 26.0. The number of fused-ring (bicyclic) bond motifs is 3. The van der Waals surface area contributed by atoms with Crippen LogP contribution in [0.5, 0.6) is 5.75 Å². The molecule has 0 aliphatic heterocycles. The van der Waals surface area contributed by atoms with Crippen molar-refractivity contribution in [2.24, 2.45) is 23.5 Å². The molecule has 10 heteroatoms. The lowest BCUT2D eigenvalue weighted by Crippen LogP contribution is -2.41. The molecule has 37 heavy (non-hydrogen) atoms. The number of allylic oxidation sites excluding steroid dienone is 1. The first-order valence-electron chi connectivity index (χ1n) is 12.9. The first kappa shape index (κ1) is 25.8. The molecule has 1 heterocycles. The quantitative estimate of drug-likeness (QED) is 0.211. The van der Waals surface area contributed by atoms with E-state index >= 15 is 0 Å². The number of hydrogen-bond acceptors (Lipinski definition) is 8. The van der Waals surface area contributed by atoms with Crippen LogP contribution in [0.2, 0.25) is 5.02 Å². The molecule has 2 aromatic rings. The number of primary amides is 1. The van der Waals surface area contributed by atoms with Crippen LogP contribution in [-0.2, 0) is 22.4 Å². The van der Waals surface area contributed by atoms with Crippen LogP contribution in [0.1, 0.15) is 30.4 Å². The van der Waals surface area contributed by atoms with Gasteiger partial charge in [-0.15, -0.1) is 0 Å². The minimum atomic E-state index is -0.302. The Hall–Kier alpha value is -2.88. The summed E-state index contributed by atoms with van der Waals surface area (Å²) in [5.41, 5.74) is 9.13. The molecule has 1 aromatic heterocycles. The van der Waals surface area contributed by atoms with Gasteiger partial charge in [0, 0.05) is 25.7 Å². The molecule has 1 fully saturated rings. The second-order valence-electron chi connectivity index (χ2n) is 10.1. The van der Waals surface area contributed by atoms with E-state index in [4.69, 9.17) is 26.8 Å². The van der Waals surface area contributed by atoms with Crippen molar-refractivity contribution in [2.45, 2.75) is 44.2 Å². The molecule has 1 aromatic carbocycles. The molecule has 1 saturated carbocycles.